The highest BCUT2D eigenvalue weighted by molar-refractivity contribution is 5.22. The number of nitrogens with zero attached hydrogens (tertiary/aromatic N) is 4. The van der Waals surface area contributed by atoms with Gasteiger partial charge in [0.1, 0.15) is 5.82 Å². The van der Waals surface area contributed by atoms with Crippen molar-refractivity contribution in [1.29, 1.82) is 0 Å². The summed E-state index contributed by atoms with van der Waals surface area (Å²) in [6.45, 7) is 2.16. The van der Waals surface area contributed by atoms with Crippen molar-refractivity contribution in [2.24, 2.45) is 0 Å². The maximum atomic E-state index is 5.57. The number of aromatic nitrogens is 3. The second-order valence-electron chi connectivity index (χ2n) is 3.84. The molecule has 5 heteroatoms. The van der Waals surface area contributed by atoms with Crippen LogP contribution in [0.3, 0.4) is 0 Å². The molecule has 0 spiro atoms. The summed E-state index contributed by atoms with van der Waals surface area (Å²) in [5, 5.41) is 7.86. The molecule has 0 aromatic carbocycles. The molecular weight excluding hydrogens is 178 g/mol. The van der Waals surface area contributed by atoms with Crippen LogP contribution in [0.2, 0.25) is 0 Å². The molecule has 0 radical (unpaired) electrons. The molecule has 0 saturated carbocycles. The van der Waals surface area contributed by atoms with Crippen molar-refractivity contribution in [3.05, 3.63) is 12.0 Å². The van der Waals surface area contributed by atoms with Gasteiger partial charge in [-0.25, -0.2) is 4.98 Å². The lowest BCUT2D eigenvalue weighted by Gasteiger charge is -2.28. The fourth-order valence-electron chi connectivity index (χ4n) is 1.88. The van der Waals surface area contributed by atoms with Gasteiger partial charge in [-0.3, -0.25) is 0 Å². The normalized spacial score (nSPS) is 23.6. The van der Waals surface area contributed by atoms with Crippen LogP contribution in [0.4, 0.5) is 5.82 Å². The van der Waals surface area contributed by atoms with Gasteiger partial charge >= 0.3 is 0 Å². The highest BCUT2D eigenvalue weighted by Gasteiger charge is 2.21. The summed E-state index contributed by atoms with van der Waals surface area (Å²) in [5.41, 5.74) is 5.57. The Morgan fingerprint density at radius 1 is 1.57 bits per heavy atom. The molecule has 14 heavy (non-hydrogen) atoms. The van der Waals surface area contributed by atoms with E-state index in [1.807, 2.05) is 0 Å². The Labute approximate surface area is 83.3 Å². The first-order valence-electron chi connectivity index (χ1n) is 4.89. The first-order chi connectivity index (χ1) is 6.75. The van der Waals surface area contributed by atoms with E-state index in [1.165, 1.54) is 12.6 Å². The number of hydrogen-bond donors (Lipinski definition) is 1. The molecule has 1 atom stereocenters. The quantitative estimate of drug-likeness (QED) is 0.693. The van der Waals surface area contributed by atoms with Crippen molar-refractivity contribution in [2.45, 2.75) is 18.8 Å². The van der Waals surface area contributed by atoms with Crippen molar-refractivity contribution in [2.75, 3.05) is 25.9 Å². The minimum atomic E-state index is 0.393. The predicted molar refractivity (Wildman–Crippen MR) is 53.7 cm³/mol. The zero-order chi connectivity index (χ0) is 9.97. The van der Waals surface area contributed by atoms with Crippen LogP contribution in [-0.2, 0) is 0 Å². The fourth-order valence-corrected chi connectivity index (χ4v) is 1.88. The predicted octanol–water partition coefficient (Wildman–Crippen LogP) is 0.263. The molecule has 1 aliphatic heterocycles. The number of hydrogen-bond acceptors (Lipinski definition) is 5. The largest absolute Gasteiger partial charge is 0.382 e. The second kappa shape index (κ2) is 3.88. The number of likely N-dealkylation sites (tertiary alicyclic amines) is 1. The molecule has 0 bridgehead atoms. The van der Waals surface area contributed by atoms with Crippen molar-refractivity contribution in [3.63, 3.8) is 0 Å². The smallest absolute Gasteiger partial charge is 0.157 e. The summed E-state index contributed by atoms with van der Waals surface area (Å²) in [5.74, 6) is 1.64. The topological polar surface area (TPSA) is 67.9 Å². The lowest BCUT2D eigenvalue weighted by atomic mass is 9.98. The van der Waals surface area contributed by atoms with Crippen molar-refractivity contribution < 1.29 is 0 Å². The first kappa shape index (κ1) is 9.33. The van der Waals surface area contributed by atoms with Crippen LogP contribution in [0.5, 0.6) is 0 Å². The average Bonchev–Trinajstić information content (AvgIpc) is 2.18. The molecule has 1 unspecified atom stereocenters. The summed E-state index contributed by atoms with van der Waals surface area (Å²) >= 11 is 0. The molecule has 0 aliphatic carbocycles. The molecular formula is C9H15N5. The van der Waals surface area contributed by atoms with Gasteiger partial charge in [-0.2, -0.15) is 5.10 Å². The van der Waals surface area contributed by atoms with Crippen LogP contribution in [0.25, 0.3) is 0 Å². The molecule has 2 rings (SSSR count). The van der Waals surface area contributed by atoms with Gasteiger partial charge in [0.2, 0.25) is 0 Å². The fraction of sp³-hybridized carbons (Fsp3) is 0.667. The zero-order valence-electron chi connectivity index (χ0n) is 8.35. The third kappa shape index (κ3) is 1.98. The van der Waals surface area contributed by atoms with E-state index in [0.29, 0.717) is 11.7 Å². The standard InChI is InChI=1S/C9H15N5/c1-14-4-2-3-7(6-14)9-12-8(10)5-11-13-9/h5,7H,2-4,6H2,1H3,(H2,10,12,13). The van der Waals surface area contributed by atoms with Gasteiger partial charge in [-0.1, -0.05) is 0 Å². The number of nitrogen functional groups attached to an aromatic ring is 1. The van der Waals surface area contributed by atoms with Gasteiger partial charge in [-0.15, -0.1) is 5.10 Å². The van der Waals surface area contributed by atoms with E-state index in [-0.39, 0.29) is 0 Å². The van der Waals surface area contributed by atoms with Crippen LogP contribution in [0.15, 0.2) is 6.20 Å². The minimum Gasteiger partial charge on any atom is -0.382 e. The summed E-state index contributed by atoms with van der Waals surface area (Å²) in [6, 6.07) is 0. The Kier molecular flexibility index (Phi) is 2.58. The van der Waals surface area contributed by atoms with E-state index in [1.54, 1.807) is 0 Å². The Morgan fingerprint density at radius 3 is 3.14 bits per heavy atom. The number of rotatable bonds is 1. The average molecular weight is 193 g/mol. The summed E-state index contributed by atoms with van der Waals surface area (Å²) < 4.78 is 0. The molecule has 2 N–H and O–H groups in total. The second-order valence-corrected chi connectivity index (χ2v) is 3.84. The van der Waals surface area contributed by atoms with Gasteiger partial charge in [0, 0.05) is 12.5 Å². The van der Waals surface area contributed by atoms with Crippen molar-refractivity contribution >= 4 is 5.82 Å². The first-order valence-corrected chi connectivity index (χ1v) is 4.89. The van der Waals surface area contributed by atoms with Crippen LogP contribution in [-0.4, -0.2) is 40.2 Å². The lowest BCUT2D eigenvalue weighted by molar-refractivity contribution is 0.245. The Balaban J connectivity index is 2.14. The summed E-state index contributed by atoms with van der Waals surface area (Å²) in [4.78, 5) is 6.50. The third-order valence-electron chi connectivity index (χ3n) is 2.58. The molecule has 0 amide bonds. The number of anilines is 1. The molecule has 1 aliphatic rings. The van der Waals surface area contributed by atoms with Gasteiger partial charge in [0.15, 0.2) is 5.82 Å². The zero-order valence-corrected chi connectivity index (χ0v) is 8.35. The molecule has 5 nitrogen and oxygen atoms in total. The molecule has 2 heterocycles. The number of piperidine rings is 1. The summed E-state index contributed by atoms with van der Waals surface area (Å²) in [6.07, 6.45) is 3.81. The Bertz CT molecular complexity index is 314. The van der Waals surface area contributed by atoms with Crippen LogP contribution in [0, 0.1) is 0 Å². The van der Waals surface area contributed by atoms with Crippen LogP contribution >= 0.6 is 0 Å². The van der Waals surface area contributed by atoms with Gasteiger partial charge in [-0.05, 0) is 26.4 Å². The molecule has 1 saturated heterocycles. The Morgan fingerprint density at radius 2 is 2.43 bits per heavy atom. The van der Waals surface area contributed by atoms with Gasteiger partial charge in [0.25, 0.3) is 0 Å². The van der Waals surface area contributed by atoms with E-state index < -0.39 is 0 Å². The Hall–Kier alpha value is -1.23. The van der Waals surface area contributed by atoms with Gasteiger partial charge < -0.3 is 10.6 Å². The van der Waals surface area contributed by atoms with E-state index in [0.717, 1.165) is 25.3 Å². The lowest BCUT2D eigenvalue weighted by Crippen LogP contribution is -2.31. The van der Waals surface area contributed by atoms with Crippen LogP contribution in [0.1, 0.15) is 24.6 Å². The van der Waals surface area contributed by atoms with E-state index in [2.05, 4.69) is 27.1 Å². The molecule has 1 aromatic rings. The number of nitrogens with two attached hydrogens (primary N) is 1. The van der Waals surface area contributed by atoms with Gasteiger partial charge in [0.05, 0.1) is 6.20 Å². The van der Waals surface area contributed by atoms with E-state index in [9.17, 15) is 0 Å². The SMILES string of the molecule is CN1CCCC(c2nncc(N)n2)C1. The maximum Gasteiger partial charge on any atom is 0.157 e. The monoisotopic (exact) mass is 193 g/mol. The summed E-state index contributed by atoms with van der Waals surface area (Å²) in [7, 11) is 2.12. The molecule has 1 fully saturated rings. The highest BCUT2D eigenvalue weighted by atomic mass is 15.2. The van der Waals surface area contributed by atoms with E-state index in [4.69, 9.17) is 5.73 Å². The number of likely N-dealkylation sites (N-methyl/N-ethyl adjacent to an activating group) is 1. The van der Waals surface area contributed by atoms with E-state index >= 15 is 0 Å². The molecule has 1 aromatic heterocycles. The highest BCUT2D eigenvalue weighted by Crippen LogP contribution is 2.22. The minimum absolute atomic E-state index is 0.393. The maximum absolute atomic E-state index is 5.57. The van der Waals surface area contributed by atoms with Crippen molar-refractivity contribution in [3.8, 4) is 0 Å². The molecule has 76 valence electrons. The van der Waals surface area contributed by atoms with Crippen molar-refractivity contribution in [1.82, 2.24) is 20.1 Å². The van der Waals surface area contributed by atoms with Crippen LogP contribution < -0.4 is 5.73 Å². The third-order valence-corrected chi connectivity index (χ3v) is 2.58.